The number of hydrogen-bond acceptors (Lipinski definition) is 4. The van der Waals surface area contributed by atoms with E-state index in [1.807, 2.05) is 36.4 Å². The highest BCUT2D eigenvalue weighted by molar-refractivity contribution is 5.45. The summed E-state index contributed by atoms with van der Waals surface area (Å²) in [6.45, 7) is 3.32. The van der Waals surface area contributed by atoms with E-state index in [9.17, 15) is 10.2 Å². The first-order valence-corrected chi connectivity index (χ1v) is 9.11. The molecule has 2 N–H and O–H groups in total. The van der Waals surface area contributed by atoms with Gasteiger partial charge in [-0.15, -0.1) is 0 Å². The Kier molecular flexibility index (Phi) is 5.00. The Morgan fingerprint density at radius 1 is 0.731 bits per heavy atom. The van der Waals surface area contributed by atoms with Gasteiger partial charge in [0.25, 0.3) is 0 Å². The number of benzene rings is 2. The van der Waals surface area contributed by atoms with E-state index < -0.39 is 11.2 Å². The van der Waals surface area contributed by atoms with Crippen molar-refractivity contribution in [3.05, 3.63) is 58.7 Å². The average Bonchev–Trinajstić information content (AvgIpc) is 2.63. The molecule has 0 aromatic heterocycles. The van der Waals surface area contributed by atoms with Crippen molar-refractivity contribution in [1.82, 2.24) is 0 Å². The molecule has 2 aromatic carbocycles. The molecule has 140 valence electrons. The highest BCUT2D eigenvalue weighted by atomic mass is 16.5. The molecular formula is C22H28O4. The lowest BCUT2D eigenvalue weighted by Crippen LogP contribution is -2.45. The predicted molar refractivity (Wildman–Crippen MR) is 102 cm³/mol. The fourth-order valence-corrected chi connectivity index (χ4v) is 3.75. The number of rotatable bonds is 2. The topological polar surface area (TPSA) is 58.9 Å². The van der Waals surface area contributed by atoms with E-state index in [0.29, 0.717) is 11.1 Å². The van der Waals surface area contributed by atoms with Crippen LogP contribution in [0.4, 0.5) is 0 Å². The normalized spacial score (nSPS) is 25.8. The minimum atomic E-state index is -1.46. The van der Waals surface area contributed by atoms with Crippen molar-refractivity contribution in [3.8, 4) is 11.5 Å². The second-order valence-electron chi connectivity index (χ2n) is 7.40. The maximum absolute atomic E-state index is 11.3. The zero-order valence-electron chi connectivity index (χ0n) is 16.0. The standard InChI is InChI=1S/C22H28O4/c1-21(23)17-9-11-19(25-3)15(13-17)7-5-6-8-16-14-18(22(21,2)24)10-12-20(16)26-4/h9-14,23-24H,5-8H2,1-4H3. The number of aliphatic hydroxyl groups is 2. The van der Waals surface area contributed by atoms with Gasteiger partial charge in [-0.1, -0.05) is 12.1 Å². The molecule has 0 amide bonds. The molecule has 0 spiro atoms. The second kappa shape index (κ2) is 6.93. The summed E-state index contributed by atoms with van der Waals surface area (Å²) in [5.74, 6) is 1.63. The molecule has 0 heterocycles. The van der Waals surface area contributed by atoms with Gasteiger partial charge in [-0.05, 0) is 86.1 Å². The lowest BCUT2D eigenvalue weighted by molar-refractivity contribution is -0.143. The highest BCUT2D eigenvalue weighted by Gasteiger charge is 2.45. The lowest BCUT2D eigenvalue weighted by Gasteiger charge is -2.40. The Morgan fingerprint density at radius 2 is 1.12 bits per heavy atom. The van der Waals surface area contributed by atoms with Crippen molar-refractivity contribution >= 4 is 0 Å². The molecule has 0 saturated carbocycles. The van der Waals surface area contributed by atoms with Crippen molar-refractivity contribution in [2.24, 2.45) is 0 Å². The summed E-state index contributed by atoms with van der Waals surface area (Å²) in [5.41, 5.74) is 0.542. The van der Waals surface area contributed by atoms with Gasteiger partial charge >= 0.3 is 0 Å². The summed E-state index contributed by atoms with van der Waals surface area (Å²) in [7, 11) is 3.32. The van der Waals surface area contributed by atoms with Crippen molar-refractivity contribution in [2.45, 2.75) is 50.7 Å². The molecule has 4 nitrogen and oxygen atoms in total. The molecule has 1 aliphatic rings. The molecule has 3 rings (SSSR count). The first kappa shape index (κ1) is 18.7. The van der Waals surface area contributed by atoms with Crippen LogP contribution < -0.4 is 9.47 Å². The zero-order chi connectivity index (χ0) is 18.9. The van der Waals surface area contributed by atoms with E-state index in [-0.39, 0.29) is 0 Å². The van der Waals surface area contributed by atoms with Crippen LogP contribution in [0.2, 0.25) is 0 Å². The number of methoxy groups -OCH3 is 2. The predicted octanol–water partition coefficient (Wildman–Crippen LogP) is 3.70. The van der Waals surface area contributed by atoms with Crippen LogP contribution in [0.3, 0.4) is 0 Å². The number of ether oxygens (including phenoxy) is 2. The second-order valence-corrected chi connectivity index (χ2v) is 7.40. The zero-order valence-corrected chi connectivity index (χ0v) is 16.0. The van der Waals surface area contributed by atoms with Crippen LogP contribution >= 0.6 is 0 Å². The van der Waals surface area contributed by atoms with Gasteiger partial charge in [-0.25, -0.2) is 0 Å². The van der Waals surface area contributed by atoms with E-state index in [0.717, 1.165) is 48.3 Å². The van der Waals surface area contributed by atoms with E-state index >= 15 is 0 Å². The number of hydrogen-bond donors (Lipinski definition) is 2. The van der Waals surface area contributed by atoms with Crippen LogP contribution in [0.25, 0.3) is 0 Å². The molecule has 1 aliphatic carbocycles. The smallest absolute Gasteiger partial charge is 0.122 e. The summed E-state index contributed by atoms with van der Waals surface area (Å²) in [6, 6.07) is 11.3. The summed E-state index contributed by atoms with van der Waals surface area (Å²) in [4.78, 5) is 0. The maximum Gasteiger partial charge on any atom is 0.122 e. The van der Waals surface area contributed by atoms with Gasteiger partial charge in [0.15, 0.2) is 0 Å². The lowest BCUT2D eigenvalue weighted by atomic mass is 9.74. The van der Waals surface area contributed by atoms with Crippen LogP contribution in [-0.4, -0.2) is 24.4 Å². The average molecular weight is 356 g/mol. The van der Waals surface area contributed by atoms with Crippen LogP contribution in [0.5, 0.6) is 11.5 Å². The number of fused-ring (bicyclic) bond motifs is 4. The van der Waals surface area contributed by atoms with E-state index in [1.165, 1.54) is 0 Å². The third kappa shape index (κ3) is 3.08. The summed E-state index contributed by atoms with van der Waals surface area (Å²) >= 11 is 0. The highest BCUT2D eigenvalue weighted by Crippen LogP contribution is 2.43. The summed E-state index contributed by atoms with van der Waals surface area (Å²) in [5, 5.41) is 22.7. The van der Waals surface area contributed by atoms with Crippen molar-refractivity contribution < 1.29 is 19.7 Å². The monoisotopic (exact) mass is 356 g/mol. The molecule has 0 fully saturated rings. The quantitative estimate of drug-likeness (QED) is 0.861. The van der Waals surface area contributed by atoms with Gasteiger partial charge in [0, 0.05) is 0 Å². The molecule has 2 atom stereocenters. The van der Waals surface area contributed by atoms with Gasteiger partial charge in [0.05, 0.1) is 14.2 Å². The fraction of sp³-hybridized carbons (Fsp3) is 0.455. The first-order chi connectivity index (χ1) is 12.3. The van der Waals surface area contributed by atoms with E-state index in [4.69, 9.17) is 9.47 Å². The third-order valence-corrected chi connectivity index (χ3v) is 5.78. The Labute approximate surface area is 155 Å². The first-order valence-electron chi connectivity index (χ1n) is 9.11. The Hall–Kier alpha value is -2.04. The molecule has 2 aromatic rings. The number of aryl methyl sites for hydroxylation is 2. The molecule has 0 aliphatic heterocycles. The minimum Gasteiger partial charge on any atom is -0.496 e. The van der Waals surface area contributed by atoms with Crippen molar-refractivity contribution in [1.29, 1.82) is 0 Å². The Balaban J connectivity index is 2.17. The van der Waals surface area contributed by atoms with Crippen LogP contribution in [0, 0.1) is 0 Å². The van der Waals surface area contributed by atoms with Gasteiger partial charge < -0.3 is 19.7 Å². The molecule has 4 bridgehead atoms. The van der Waals surface area contributed by atoms with Crippen molar-refractivity contribution in [2.75, 3.05) is 14.2 Å². The van der Waals surface area contributed by atoms with E-state index in [1.54, 1.807) is 28.1 Å². The van der Waals surface area contributed by atoms with Crippen LogP contribution in [-0.2, 0) is 24.0 Å². The molecule has 0 radical (unpaired) electrons. The van der Waals surface area contributed by atoms with Crippen LogP contribution in [0.1, 0.15) is 48.9 Å². The maximum atomic E-state index is 11.3. The summed E-state index contributed by atoms with van der Waals surface area (Å²) < 4.78 is 11.0. The molecule has 2 unspecified atom stereocenters. The van der Waals surface area contributed by atoms with Crippen molar-refractivity contribution in [3.63, 3.8) is 0 Å². The molecule has 26 heavy (non-hydrogen) atoms. The molecule has 4 heteroatoms. The minimum absolute atomic E-state index is 0.677. The third-order valence-electron chi connectivity index (χ3n) is 5.78. The largest absolute Gasteiger partial charge is 0.496 e. The SMILES string of the molecule is COc1ccc2cc1CCCCc1cc(ccc1OC)C(C)(O)C2(C)O. The van der Waals surface area contributed by atoms with Gasteiger partial charge in [0.1, 0.15) is 22.7 Å². The van der Waals surface area contributed by atoms with E-state index in [2.05, 4.69) is 0 Å². The van der Waals surface area contributed by atoms with Crippen LogP contribution in [0.15, 0.2) is 36.4 Å². The fourth-order valence-electron chi connectivity index (χ4n) is 3.75. The molecule has 0 saturated heterocycles. The molecular weight excluding hydrogens is 328 g/mol. The summed E-state index contributed by atoms with van der Waals surface area (Å²) in [6.07, 6.45) is 3.73. The van der Waals surface area contributed by atoms with Gasteiger partial charge in [-0.3, -0.25) is 0 Å². The Morgan fingerprint density at radius 3 is 1.46 bits per heavy atom. The Bertz CT molecular complexity index is 725. The van der Waals surface area contributed by atoms with Gasteiger partial charge in [-0.2, -0.15) is 0 Å². The van der Waals surface area contributed by atoms with Gasteiger partial charge in [0.2, 0.25) is 0 Å².